The highest BCUT2D eigenvalue weighted by molar-refractivity contribution is 7.99. The van der Waals surface area contributed by atoms with Crippen LogP contribution in [0.2, 0.25) is 0 Å². The normalized spacial score (nSPS) is 11.6. The number of hydrogen-bond acceptors (Lipinski definition) is 6. The van der Waals surface area contributed by atoms with Gasteiger partial charge in [-0.05, 0) is 43.3 Å². The van der Waals surface area contributed by atoms with Gasteiger partial charge >= 0.3 is 0 Å². The molecule has 2 aromatic heterocycles. The van der Waals surface area contributed by atoms with Crippen molar-refractivity contribution in [1.82, 2.24) is 34.9 Å². The van der Waals surface area contributed by atoms with Gasteiger partial charge < -0.3 is 4.90 Å². The van der Waals surface area contributed by atoms with E-state index in [9.17, 15) is 4.79 Å². The van der Waals surface area contributed by atoms with E-state index in [0.29, 0.717) is 11.7 Å². The lowest BCUT2D eigenvalue weighted by atomic mass is 10.1. The first-order chi connectivity index (χ1) is 12.8. The Bertz CT molecular complexity index is 898. The fourth-order valence-electron chi connectivity index (χ4n) is 2.45. The number of benzene rings is 1. The minimum Gasteiger partial charge on any atom is -0.341 e. The highest BCUT2D eigenvalue weighted by Gasteiger charge is 2.21. The molecule has 142 valence electrons. The van der Waals surface area contributed by atoms with Gasteiger partial charge in [0.15, 0.2) is 0 Å². The Hall–Kier alpha value is -2.68. The number of tetrazole rings is 1. The van der Waals surface area contributed by atoms with Crippen molar-refractivity contribution < 1.29 is 4.79 Å². The van der Waals surface area contributed by atoms with Crippen LogP contribution in [0.5, 0.6) is 0 Å². The van der Waals surface area contributed by atoms with Crippen molar-refractivity contribution in [2.45, 2.75) is 38.0 Å². The lowest BCUT2D eigenvalue weighted by Gasteiger charge is -2.20. The van der Waals surface area contributed by atoms with Gasteiger partial charge in [0.05, 0.1) is 23.2 Å². The quantitative estimate of drug-likeness (QED) is 0.606. The Morgan fingerprint density at radius 1 is 1.22 bits per heavy atom. The highest BCUT2D eigenvalue weighted by Crippen LogP contribution is 2.21. The van der Waals surface area contributed by atoms with Crippen molar-refractivity contribution in [3.63, 3.8) is 0 Å². The number of amides is 1. The van der Waals surface area contributed by atoms with Crippen molar-refractivity contribution in [2.24, 2.45) is 0 Å². The Kier molecular flexibility index (Phi) is 5.59. The monoisotopic (exact) mass is 385 g/mol. The summed E-state index contributed by atoms with van der Waals surface area (Å²) in [6, 6.07) is 9.88. The summed E-state index contributed by atoms with van der Waals surface area (Å²) in [4.78, 5) is 14.2. The van der Waals surface area contributed by atoms with Gasteiger partial charge in [-0.1, -0.05) is 30.0 Å². The standard InChI is InChI=1S/C18H23N7OS/c1-18(2,3)25-17(20-21-22-25)27-13-16(26)23(4)11-14-10-19-24(12-14)15-8-6-5-7-9-15/h5-10,12H,11,13H2,1-4H3. The number of carbonyl (C=O) groups is 1. The van der Waals surface area contributed by atoms with Crippen molar-refractivity contribution >= 4 is 17.7 Å². The molecule has 0 fully saturated rings. The summed E-state index contributed by atoms with van der Waals surface area (Å²) in [5.41, 5.74) is 1.73. The van der Waals surface area contributed by atoms with E-state index in [0.717, 1.165) is 11.3 Å². The second-order valence-electron chi connectivity index (χ2n) is 7.21. The molecule has 0 saturated heterocycles. The molecule has 0 spiro atoms. The first kappa shape index (κ1) is 19.1. The van der Waals surface area contributed by atoms with E-state index in [4.69, 9.17) is 0 Å². The average Bonchev–Trinajstić information content (AvgIpc) is 3.29. The topological polar surface area (TPSA) is 81.7 Å². The van der Waals surface area contributed by atoms with Crippen LogP contribution in [0.3, 0.4) is 0 Å². The number of thioether (sulfide) groups is 1. The highest BCUT2D eigenvalue weighted by atomic mass is 32.2. The molecule has 1 amide bonds. The van der Waals surface area contributed by atoms with Gasteiger partial charge in [-0.2, -0.15) is 5.10 Å². The van der Waals surface area contributed by atoms with Crippen LogP contribution >= 0.6 is 11.8 Å². The van der Waals surface area contributed by atoms with E-state index in [1.54, 1.807) is 27.5 Å². The molecule has 8 nitrogen and oxygen atoms in total. The molecule has 3 aromatic rings. The number of carbonyl (C=O) groups excluding carboxylic acids is 1. The molecule has 3 rings (SSSR count). The second kappa shape index (κ2) is 7.91. The van der Waals surface area contributed by atoms with Gasteiger partial charge in [0.1, 0.15) is 0 Å². The minimum absolute atomic E-state index is 0.0101. The van der Waals surface area contributed by atoms with Gasteiger partial charge in [0.25, 0.3) is 0 Å². The van der Waals surface area contributed by atoms with Crippen molar-refractivity contribution in [1.29, 1.82) is 0 Å². The maximum Gasteiger partial charge on any atom is 0.233 e. The molecule has 9 heteroatoms. The maximum atomic E-state index is 12.5. The maximum absolute atomic E-state index is 12.5. The number of rotatable bonds is 6. The van der Waals surface area contributed by atoms with Crippen LogP contribution in [0, 0.1) is 0 Å². The van der Waals surface area contributed by atoms with E-state index < -0.39 is 0 Å². The van der Waals surface area contributed by atoms with E-state index in [-0.39, 0.29) is 17.2 Å². The second-order valence-corrected chi connectivity index (χ2v) is 8.15. The molecule has 0 unspecified atom stereocenters. The van der Waals surface area contributed by atoms with Crippen molar-refractivity contribution in [2.75, 3.05) is 12.8 Å². The van der Waals surface area contributed by atoms with Crippen LogP contribution in [0.1, 0.15) is 26.3 Å². The zero-order valence-electron chi connectivity index (χ0n) is 15.9. The Morgan fingerprint density at radius 2 is 1.96 bits per heavy atom. The summed E-state index contributed by atoms with van der Waals surface area (Å²) in [5.74, 6) is 0.288. The van der Waals surface area contributed by atoms with E-state index >= 15 is 0 Å². The third-order valence-corrected chi connectivity index (χ3v) is 4.81. The summed E-state index contributed by atoms with van der Waals surface area (Å²) in [5, 5.41) is 16.7. The van der Waals surface area contributed by atoms with Crippen LogP contribution in [-0.2, 0) is 16.9 Å². The first-order valence-corrected chi connectivity index (χ1v) is 9.58. The van der Waals surface area contributed by atoms with Gasteiger partial charge in [0, 0.05) is 25.4 Å². The minimum atomic E-state index is -0.229. The summed E-state index contributed by atoms with van der Waals surface area (Å²) in [7, 11) is 1.79. The SMILES string of the molecule is CN(Cc1cnn(-c2ccccc2)c1)C(=O)CSc1nnnn1C(C)(C)C. The van der Waals surface area contributed by atoms with Gasteiger partial charge in [-0.3, -0.25) is 4.79 Å². The number of aromatic nitrogens is 6. The molecule has 0 bridgehead atoms. The molecule has 0 saturated carbocycles. The van der Waals surface area contributed by atoms with Gasteiger partial charge in [0.2, 0.25) is 11.1 Å². The molecule has 0 radical (unpaired) electrons. The van der Waals surface area contributed by atoms with E-state index in [1.165, 1.54) is 11.8 Å². The molecule has 2 heterocycles. The van der Waals surface area contributed by atoms with E-state index in [1.807, 2.05) is 57.3 Å². The number of hydrogen-bond donors (Lipinski definition) is 0. The van der Waals surface area contributed by atoms with E-state index in [2.05, 4.69) is 20.6 Å². The lowest BCUT2D eigenvalue weighted by Crippen LogP contribution is -2.28. The Balaban J connectivity index is 1.57. The van der Waals surface area contributed by atoms with Crippen molar-refractivity contribution in [3.8, 4) is 5.69 Å². The molecule has 27 heavy (non-hydrogen) atoms. The van der Waals surface area contributed by atoms with Crippen LogP contribution in [-0.4, -0.2) is 53.6 Å². The fourth-order valence-corrected chi connectivity index (χ4v) is 3.45. The molecule has 0 atom stereocenters. The van der Waals surface area contributed by atoms with Crippen LogP contribution in [0.4, 0.5) is 0 Å². The van der Waals surface area contributed by atoms with Crippen molar-refractivity contribution in [3.05, 3.63) is 48.3 Å². The summed E-state index contributed by atoms with van der Waals surface area (Å²) in [6.07, 6.45) is 3.72. The smallest absolute Gasteiger partial charge is 0.233 e. The van der Waals surface area contributed by atoms with Crippen LogP contribution < -0.4 is 0 Å². The zero-order valence-corrected chi connectivity index (χ0v) is 16.7. The summed E-state index contributed by atoms with van der Waals surface area (Å²) in [6.45, 7) is 6.56. The largest absolute Gasteiger partial charge is 0.341 e. The summed E-state index contributed by atoms with van der Waals surface area (Å²) >= 11 is 1.34. The molecular weight excluding hydrogens is 362 g/mol. The molecule has 0 aliphatic carbocycles. The molecule has 0 N–H and O–H groups in total. The lowest BCUT2D eigenvalue weighted by molar-refractivity contribution is -0.127. The predicted molar refractivity (Wildman–Crippen MR) is 104 cm³/mol. The molecular formula is C18H23N7OS. The third-order valence-electron chi connectivity index (χ3n) is 3.90. The van der Waals surface area contributed by atoms with Gasteiger partial charge in [-0.15, -0.1) is 5.10 Å². The first-order valence-electron chi connectivity index (χ1n) is 8.59. The fraction of sp³-hybridized carbons (Fsp3) is 0.389. The van der Waals surface area contributed by atoms with Gasteiger partial charge in [-0.25, -0.2) is 9.36 Å². The number of para-hydroxylation sites is 1. The molecule has 0 aliphatic heterocycles. The average molecular weight is 385 g/mol. The molecule has 1 aromatic carbocycles. The van der Waals surface area contributed by atoms with Crippen LogP contribution in [0.15, 0.2) is 47.9 Å². The Labute approximate surface area is 162 Å². The zero-order chi connectivity index (χ0) is 19.4. The third kappa shape index (κ3) is 4.73. The predicted octanol–water partition coefficient (Wildman–Crippen LogP) is 2.36. The number of nitrogens with zero attached hydrogens (tertiary/aromatic N) is 7. The molecule has 0 aliphatic rings. The van der Waals surface area contributed by atoms with Crippen LogP contribution in [0.25, 0.3) is 5.69 Å². The summed E-state index contributed by atoms with van der Waals surface area (Å²) < 4.78 is 3.54. The Morgan fingerprint density at radius 3 is 2.67 bits per heavy atom.